The highest BCUT2D eigenvalue weighted by molar-refractivity contribution is 7.92. The van der Waals surface area contributed by atoms with Gasteiger partial charge in [0.25, 0.3) is 5.91 Å². The zero-order chi connectivity index (χ0) is 21.5. The third kappa shape index (κ3) is 4.33. The van der Waals surface area contributed by atoms with E-state index in [0.717, 1.165) is 17.2 Å². The Morgan fingerprint density at radius 1 is 1.17 bits per heavy atom. The monoisotopic (exact) mass is 461 g/mol. The number of hydrogen-bond donors (Lipinski definition) is 2. The van der Waals surface area contributed by atoms with E-state index < -0.39 is 15.9 Å². The molecule has 0 spiro atoms. The molecule has 2 aromatic carbocycles. The van der Waals surface area contributed by atoms with Gasteiger partial charge in [0.1, 0.15) is 5.58 Å². The van der Waals surface area contributed by atoms with Crippen LogP contribution in [0.3, 0.4) is 0 Å². The lowest BCUT2D eigenvalue weighted by Crippen LogP contribution is -2.11. The van der Waals surface area contributed by atoms with Gasteiger partial charge in [-0.25, -0.2) is 13.4 Å². The predicted octanol–water partition coefficient (Wildman–Crippen LogP) is 5.14. The fraction of sp³-hybridized carbons (Fsp3) is 0.100. The van der Waals surface area contributed by atoms with Crippen LogP contribution in [0, 0.1) is 6.92 Å². The van der Waals surface area contributed by atoms with Crippen molar-refractivity contribution in [2.45, 2.75) is 6.92 Å². The quantitative estimate of drug-likeness (QED) is 0.428. The number of rotatable bonds is 5. The van der Waals surface area contributed by atoms with Gasteiger partial charge in [0.2, 0.25) is 10.0 Å². The molecule has 2 N–H and O–H groups in total. The highest BCUT2D eigenvalue weighted by atomic mass is 35.5. The largest absolute Gasteiger partial charge is 0.451 e. The Kier molecular flexibility index (Phi) is 5.27. The molecule has 10 heteroatoms. The average Bonchev–Trinajstić information content (AvgIpc) is 3.26. The topological polar surface area (TPSA) is 101 Å². The first-order valence-electron chi connectivity index (χ1n) is 8.73. The van der Waals surface area contributed by atoms with E-state index in [4.69, 9.17) is 16.0 Å². The summed E-state index contributed by atoms with van der Waals surface area (Å²) in [7, 11) is -3.33. The summed E-state index contributed by atoms with van der Waals surface area (Å²) in [5, 5.41) is 6.34. The first-order valence-corrected chi connectivity index (χ1v) is 11.9. The molecule has 4 rings (SSSR count). The molecule has 2 aromatic heterocycles. The molecule has 0 saturated heterocycles. The van der Waals surface area contributed by atoms with Gasteiger partial charge in [-0.3, -0.25) is 14.8 Å². The van der Waals surface area contributed by atoms with Crippen molar-refractivity contribution in [1.29, 1.82) is 0 Å². The Bertz CT molecular complexity index is 1360. The molecule has 7 nitrogen and oxygen atoms in total. The van der Waals surface area contributed by atoms with Crippen LogP contribution in [0.1, 0.15) is 16.1 Å². The van der Waals surface area contributed by atoms with Crippen LogP contribution in [0.2, 0.25) is 5.02 Å². The first-order chi connectivity index (χ1) is 14.2. The minimum atomic E-state index is -3.33. The molecular formula is C20H16ClN3O4S2. The molecule has 2 heterocycles. The van der Waals surface area contributed by atoms with Gasteiger partial charge in [-0.05, 0) is 37.3 Å². The number of sulfonamides is 1. The minimum absolute atomic E-state index is 0.209. The van der Waals surface area contributed by atoms with Crippen LogP contribution in [0.5, 0.6) is 0 Å². The van der Waals surface area contributed by atoms with E-state index in [1.807, 2.05) is 0 Å². The minimum Gasteiger partial charge on any atom is -0.451 e. The van der Waals surface area contributed by atoms with Crippen molar-refractivity contribution < 1.29 is 17.6 Å². The number of nitrogens with zero attached hydrogens (tertiary/aromatic N) is 1. The number of aromatic nitrogens is 1. The van der Waals surface area contributed by atoms with E-state index in [9.17, 15) is 13.2 Å². The summed E-state index contributed by atoms with van der Waals surface area (Å²) >= 11 is 7.31. The second kappa shape index (κ2) is 7.75. The van der Waals surface area contributed by atoms with Crippen LogP contribution < -0.4 is 10.0 Å². The van der Waals surface area contributed by atoms with Gasteiger partial charge in [0, 0.05) is 32.6 Å². The molecule has 0 saturated carbocycles. The summed E-state index contributed by atoms with van der Waals surface area (Å²) in [6.45, 7) is 1.80. The maximum Gasteiger partial charge on any atom is 0.293 e. The molecule has 30 heavy (non-hydrogen) atoms. The van der Waals surface area contributed by atoms with E-state index in [1.54, 1.807) is 54.8 Å². The second-order valence-electron chi connectivity index (χ2n) is 6.64. The molecule has 0 radical (unpaired) electrons. The fourth-order valence-electron chi connectivity index (χ4n) is 2.95. The van der Waals surface area contributed by atoms with Gasteiger partial charge in [-0.1, -0.05) is 23.7 Å². The zero-order valence-electron chi connectivity index (χ0n) is 15.9. The number of benzene rings is 2. The number of thiazole rings is 1. The summed E-state index contributed by atoms with van der Waals surface area (Å²) < 4.78 is 30.7. The van der Waals surface area contributed by atoms with Crippen molar-refractivity contribution in [2.24, 2.45) is 0 Å². The maximum absolute atomic E-state index is 12.7. The summed E-state index contributed by atoms with van der Waals surface area (Å²) in [6.07, 6.45) is 1.09. The molecule has 0 aliphatic heterocycles. The van der Waals surface area contributed by atoms with Gasteiger partial charge in [0.05, 0.1) is 11.9 Å². The van der Waals surface area contributed by atoms with E-state index in [-0.39, 0.29) is 5.76 Å². The molecule has 0 bridgehead atoms. The zero-order valence-corrected chi connectivity index (χ0v) is 18.3. The number of carbonyl (C=O) groups is 1. The lowest BCUT2D eigenvalue weighted by molar-refractivity contribution is 0.0998. The molecule has 4 aromatic rings. The van der Waals surface area contributed by atoms with E-state index >= 15 is 0 Å². The Morgan fingerprint density at radius 2 is 1.90 bits per heavy atom. The van der Waals surface area contributed by atoms with Crippen molar-refractivity contribution in [1.82, 2.24) is 4.98 Å². The van der Waals surface area contributed by atoms with E-state index in [2.05, 4.69) is 15.0 Å². The van der Waals surface area contributed by atoms with Crippen LogP contribution in [-0.2, 0) is 10.0 Å². The highest BCUT2D eigenvalue weighted by Gasteiger charge is 2.19. The number of amides is 1. The van der Waals surface area contributed by atoms with Gasteiger partial charge in [-0.15, -0.1) is 11.3 Å². The van der Waals surface area contributed by atoms with Crippen molar-refractivity contribution >= 4 is 60.7 Å². The molecular weight excluding hydrogens is 446 g/mol. The predicted molar refractivity (Wildman–Crippen MR) is 120 cm³/mol. The number of nitrogens with one attached hydrogen (secondary N) is 2. The number of carbonyl (C=O) groups excluding carboxylic acids is 1. The standard InChI is InChI=1S/C20H16ClN3O4S2/c1-11-15-9-13(21)5-8-17(15)28-18(11)19(25)23-20-22-16(10-29-20)12-3-6-14(7-4-12)24-30(2,26)27/h3-10,24H,1-2H3,(H,22,23,25). The van der Waals surface area contributed by atoms with Gasteiger partial charge in [0.15, 0.2) is 10.9 Å². The lowest BCUT2D eigenvalue weighted by Gasteiger charge is -2.04. The van der Waals surface area contributed by atoms with E-state index in [0.29, 0.717) is 32.7 Å². The molecule has 154 valence electrons. The van der Waals surface area contributed by atoms with Crippen LogP contribution in [0.25, 0.3) is 22.2 Å². The van der Waals surface area contributed by atoms with Crippen LogP contribution in [0.15, 0.2) is 52.3 Å². The Balaban J connectivity index is 1.52. The third-order valence-corrected chi connectivity index (χ3v) is 5.91. The van der Waals surface area contributed by atoms with Gasteiger partial charge >= 0.3 is 0 Å². The molecule has 0 fully saturated rings. The summed E-state index contributed by atoms with van der Waals surface area (Å²) in [4.78, 5) is 17.1. The number of anilines is 2. The SMILES string of the molecule is Cc1c(C(=O)Nc2nc(-c3ccc(NS(C)(=O)=O)cc3)cs2)oc2ccc(Cl)cc12. The molecule has 0 aliphatic carbocycles. The normalized spacial score (nSPS) is 11.6. The van der Waals surface area contributed by atoms with Gasteiger partial charge in [-0.2, -0.15) is 0 Å². The Morgan fingerprint density at radius 3 is 2.60 bits per heavy atom. The lowest BCUT2D eigenvalue weighted by atomic mass is 10.1. The number of fused-ring (bicyclic) bond motifs is 1. The van der Waals surface area contributed by atoms with E-state index in [1.165, 1.54) is 11.3 Å². The van der Waals surface area contributed by atoms with Crippen LogP contribution >= 0.6 is 22.9 Å². The Hall–Kier alpha value is -2.88. The first kappa shape index (κ1) is 20.4. The molecule has 0 atom stereocenters. The fourth-order valence-corrected chi connectivity index (χ4v) is 4.40. The highest BCUT2D eigenvalue weighted by Crippen LogP contribution is 2.30. The van der Waals surface area contributed by atoms with Crippen LogP contribution in [0.4, 0.5) is 10.8 Å². The summed E-state index contributed by atoms with van der Waals surface area (Å²) in [5.41, 5.74) is 3.21. The Labute approximate surface area is 181 Å². The number of furan rings is 1. The number of halogens is 1. The molecule has 0 unspecified atom stereocenters. The average molecular weight is 462 g/mol. The molecule has 0 aliphatic rings. The van der Waals surface area contributed by atoms with Gasteiger partial charge < -0.3 is 4.42 Å². The number of aryl methyl sites for hydroxylation is 1. The van der Waals surface area contributed by atoms with Crippen molar-refractivity contribution in [2.75, 3.05) is 16.3 Å². The number of hydrogen-bond acceptors (Lipinski definition) is 6. The van der Waals surface area contributed by atoms with Crippen molar-refractivity contribution in [3.8, 4) is 11.3 Å². The van der Waals surface area contributed by atoms with Crippen molar-refractivity contribution in [3.63, 3.8) is 0 Å². The van der Waals surface area contributed by atoms with Crippen molar-refractivity contribution in [3.05, 3.63) is 64.2 Å². The second-order valence-corrected chi connectivity index (χ2v) is 9.68. The third-order valence-electron chi connectivity index (χ3n) is 4.31. The smallest absolute Gasteiger partial charge is 0.293 e. The molecule has 1 amide bonds. The van der Waals surface area contributed by atoms with Crippen LogP contribution in [-0.4, -0.2) is 25.6 Å². The summed E-state index contributed by atoms with van der Waals surface area (Å²) in [6, 6.07) is 12.0. The maximum atomic E-state index is 12.7. The summed E-state index contributed by atoms with van der Waals surface area (Å²) in [5.74, 6) is -0.186.